The van der Waals surface area contributed by atoms with Crippen molar-refractivity contribution >= 4 is 151 Å². The Labute approximate surface area is 590 Å². The summed E-state index contributed by atoms with van der Waals surface area (Å²) in [4.78, 5) is 56.3. The SMILES string of the molecule is CCCCCCCCN1C(=O)c2c(-c3cc4c(s3)-c3sc(C)cc3[Si]4(CC(CC)CCCC)CC(CC)CCCC)sc(-c3cc4c(s3)-c3sc(-c5ccc(-c6cnc(-c7ccc(C)s7)c7nsnc67)s5)cc3[Si]4(CC(CC)CCCC)CC(CC)CCCC)c2C1=O. The summed E-state index contributed by atoms with van der Waals surface area (Å²) in [5.41, 5.74) is 5.17. The fraction of sp³-hybridized carbons (Fsp3) is 0.545. The molecular weight excluding hydrogens is 1330 g/mol. The van der Waals surface area contributed by atoms with Gasteiger partial charge in [0, 0.05) is 72.0 Å². The summed E-state index contributed by atoms with van der Waals surface area (Å²) in [6, 6.07) is 24.7. The van der Waals surface area contributed by atoms with Gasteiger partial charge in [0.05, 0.1) is 37.5 Å². The molecule has 0 radical (unpaired) electrons. The highest BCUT2D eigenvalue weighted by Gasteiger charge is 2.53. The van der Waals surface area contributed by atoms with Gasteiger partial charge in [-0.1, -0.05) is 197 Å². The van der Waals surface area contributed by atoms with Crippen molar-refractivity contribution in [1.82, 2.24) is 18.6 Å². The standard InChI is InChI=1S/C77H100N4O2S8Si2/c1-12-21-26-27-28-29-38-81-76(82)65-66(77(81)83)71(90-70(65)59-41-63-73(88-59)72-61(39-49(11)85-72)92(63,44-50(17-6)30-22-13-2)45-51(18-7)31-23-14-3)60-42-64-75(89-60)74-62(93(64,46-52(19-8)32-24-15-4)47-53(20-9)33-25-16-5)40-58(87-74)56-37-36-55(86-56)54-43-78-68(57-35-34-48(10)84-57)69-67(54)79-91-80-69/h34-37,39-43,50-53H,12-33,38,44-47H2,1-11H3. The molecule has 16 heteroatoms. The Bertz CT molecular complexity index is 4010. The van der Waals surface area contributed by atoms with Crippen molar-refractivity contribution in [2.45, 2.75) is 242 Å². The first-order chi connectivity index (χ1) is 45.3. The molecule has 0 bridgehead atoms. The van der Waals surface area contributed by atoms with Crippen LogP contribution in [0.1, 0.15) is 234 Å². The predicted molar refractivity (Wildman–Crippen MR) is 419 cm³/mol. The van der Waals surface area contributed by atoms with Gasteiger partial charge in [-0.15, -0.1) is 79.4 Å². The van der Waals surface area contributed by atoms with Crippen LogP contribution in [0.15, 0.2) is 54.7 Å². The second-order valence-electron chi connectivity index (χ2n) is 27.9. The van der Waals surface area contributed by atoms with Crippen molar-refractivity contribution in [3.63, 3.8) is 0 Å². The third kappa shape index (κ3) is 13.5. The maximum Gasteiger partial charge on any atom is 0.263 e. The van der Waals surface area contributed by atoms with Gasteiger partial charge in [-0.25, -0.2) is 0 Å². The average molecular weight is 1430 g/mol. The number of rotatable bonds is 36. The van der Waals surface area contributed by atoms with Crippen molar-refractivity contribution in [2.24, 2.45) is 23.7 Å². The van der Waals surface area contributed by atoms with Crippen molar-refractivity contribution in [1.29, 1.82) is 0 Å². The van der Waals surface area contributed by atoms with Crippen molar-refractivity contribution in [3.05, 3.63) is 75.6 Å². The monoisotopic (exact) mass is 1420 g/mol. The molecule has 93 heavy (non-hydrogen) atoms. The van der Waals surface area contributed by atoms with Gasteiger partial charge in [-0.2, -0.15) is 8.75 Å². The van der Waals surface area contributed by atoms with E-state index in [1.165, 1.54) is 212 Å². The van der Waals surface area contributed by atoms with Gasteiger partial charge < -0.3 is 0 Å². The van der Waals surface area contributed by atoms with E-state index in [9.17, 15) is 0 Å². The molecule has 6 nitrogen and oxygen atoms in total. The highest BCUT2D eigenvalue weighted by molar-refractivity contribution is 7.35. The summed E-state index contributed by atoms with van der Waals surface area (Å²) < 4.78 is 9.74. The normalized spacial score (nSPS) is 17.9. The maximum atomic E-state index is 15.7. The number of thiophene rings is 7. The molecule has 0 spiro atoms. The molecule has 2 amide bonds. The number of amides is 2. The molecule has 12 heterocycles. The van der Waals surface area contributed by atoms with Gasteiger partial charge >= 0.3 is 0 Å². The smallest absolute Gasteiger partial charge is 0.263 e. The molecule has 4 unspecified atom stereocenters. The number of carbonyl (C=O) groups is 2. The Morgan fingerprint density at radius 1 is 0.409 bits per heavy atom. The van der Waals surface area contributed by atoms with Crippen LogP contribution in [-0.4, -0.2) is 53.1 Å². The van der Waals surface area contributed by atoms with E-state index in [-0.39, 0.29) is 11.8 Å². The molecule has 0 saturated carbocycles. The summed E-state index contributed by atoms with van der Waals surface area (Å²) in [7, 11) is -4.79. The number of hydrogen-bond acceptors (Lipinski definition) is 13. The average Bonchev–Trinajstić information content (AvgIpc) is 1.54. The first kappa shape index (κ1) is 69.3. The molecule has 3 aliphatic heterocycles. The first-order valence-corrected chi connectivity index (χ1v) is 47.4. The highest BCUT2D eigenvalue weighted by atomic mass is 32.1. The summed E-state index contributed by atoms with van der Waals surface area (Å²) >= 11 is 14.7. The van der Waals surface area contributed by atoms with Crippen LogP contribution in [0.25, 0.3) is 80.8 Å². The van der Waals surface area contributed by atoms with Crippen LogP contribution in [0, 0.1) is 37.5 Å². The zero-order valence-corrected chi connectivity index (χ0v) is 66.0. The minimum absolute atomic E-state index is 0.0603. The molecule has 9 aromatic heterocycles. The largest absolute Gasteiger partial charge is 0.274 e. The van der Waals surface area contributed by atoms with E-state index in [4.69, 9.17) is 13.7 Å². The Balaban J connectivity index is 1.02. The van der Waals surface area contributed by atoms with Crippen LogP contribution in [0.3, 0.4) is 0 Å². The summed E-state index contributed by atoms with van der Waals surface area (Å²) in [6.07, 6.45) is 28.7. The third-order valence-electron chi connectivity index (χ3n) is 21.6. The fourth-order valence-corrected chi connectivity index (χ4v) is 41.1. The molecule has 4 atom stereocenters. The van der Waals surface area contributed by atoms with E-state index in [0.29, 0.717) is 41.3 Å². The molecule has 0 N–H and O–H groups in total. The Kier molecular flexibility index (Phi) is 22.9. The number of pyridine rings is 1. The number of fused-ring (bicyclic) bond motifs is 8. The fourth-order valence-electron chi connectivity index (χ4n) is 16.3. The molecular formula is C77H100N4O2S8Si2. The van der Waals surface area contributed by atoms with E-state index in [1.807, 2.05) is 62.9 Å². The van der Waals surface area contributed by atoms with Crippen LogP contribution in [-0.2, 0) is 0 Å². The zero-order valence-electron chi connectivity index (χ0n) is 57.5. The van der Waals surface area contributed by atoms with Crippen LogP contribution < -0.4 is 20.7 Å². The molecule has 3 aliphatic rings. The zero-order chi connectivity index (χ0) is 65.1. The predicted octanol–water partition coefficient (Wildman–Crippen LogP) is 24.4. The van der Waals surface area contributed by atoms with Gasteiger partial charge in [0.1, 0.15) is 32.9 Å². The summed E-state index contributed by atoms with van der Waals surface area (Å²) in [6.45, 7) is 26.5. The van der Waals surface area contributed by atoms with Crippen molar-refractivity contribution < 1.29 is 9.59 Å². The van der Waals surface area contributed by atoms with E-state index >= 15 is 9.59 Å². The van der Waals surface area contributed by atoms with E-state index in [1.54, 1.807) is 48.3 Å². The molecule has 0 aliphatic carbocycles. The minimum Gasteiger partial charge on any atom is -0.274 e. The Morgan fingerprint density at radius 2 is 0.849 bits per heavy atom. The quantitative estimate of drug-likeness (QED) is 0.0222. The van der Waals surface area contributed by atoms with E-state index < -0.39 is 16.1 Å². The number of aromatic nitrogens is 3. The lowest BCUT2D eigenvalue weighted by Crippen LogP contribution is -2.56. The van der Waals surface area contributed by atoms with Crippen LogP contribution in [0.4, 0.5) is 0 Å². The number of unbranched alkanes of at least 4 members (excludes halogenated alkanes) is 9. The van der Waals surface area contributed by atoms with Crippen LogP contribution in [0.5, 0.6) is 0 Å². The summed E-state index contributed by atoms with van der Waals surface area (Å²) in [5, 5.41) is 6.65. The lowest BCUT2D eigenvalue weighted by Gasteiger charge is -2.35. The Morgan fingerprint density at radius 3 is 1.34 bits per heavy atom. The molecule has 0 saturated heterocycles. The van der Waals surface area contributed by atoms with Gasteiger partial charge in [0.2, 0.25) is 0 Å². The molecule has 9 aromatic rings. The second-order valence-corrected chi connectivity index (χ2v) is 44.4. The number of imide groups is 1. The second kappa shape index (κ2) is 30.7. The van der Waals surface area contributed by atoms with E-state index in [2.05, 4.69) is 125 Å². The van der Waals surface area contributed by atoms with Gasteiger partial charge in [-0.05, 0) is 137 Å². The van der Waals surface area contributed by atoms with Crippen molar-refractivity contribution in [2.75, 3.05) is 6.54 Å². The molecule has 0 aromatic carbocycles. The lowest BCUT2D eigenvalue weighted by molar-refractivity contribution is 0.0651. The summed E-state index contributed by atoms with van der Waals surface area (Å²) in [5.74, 6) is 2.54. The Hall–Kier alpha value is -3.56. The minimum atomic E-state index is -2.50. The highest BCUT2D eigenvalue weighted by Crippen LogP contribution is 2.56. The third-order valence-corrected chi connectivity index (χ3v) is 42.3. The van der Waals surface area contributed by atoms with Gasteiger partial charge in [0.25, 0.3) is 11.8 Å². The number of hydrogen-bond donors (Lipinski definition) is 0. The molecule has 0 fully saturated rings. The number of nitrogens with zero attached hydrogens (tertiary/aromatic N) is 4. The molecule has 12 rings (SSSR count). The topological polar surface area (TPSA) is 76.1 Å². The van der Waals surface area contributed by atoms with Gasteiger partial charge in [-0.3, -0.25) is 19.5 Å². The van der Waals surface area contributed by atoms with Crippen LogP contribution >= 0.6 is 91.1 Å². The van der Waals surface area contributed by atoms with Gasteiger partial charge in [0.15, 0.2) is 0 Å². The van der Waals surface area contributed by atoms with Crippen LogP contribution in [0.2, 0.25) is 24.2 Å². The number of aryl methyl sites for hydroxylation is 2. The van der Waals surface area contributed by atoms with E-state index in [0.717, 1.165) is 56.2 Å². The first-order valence-electron chi connectivity index (χ1n) is 36.2. The molecule has 496 valence electrons. The lowest BCUT2D eigenvalue weighted by atomic mass is 10.0. The van der Waals surface area contributed by atoms with Crippen molar-refractivity contribution in [3.8, 4) is 69.8 Å². The number of carbonyl (C=O) groups excluding carboxylic acids is 2. The maximum absolute atomic E-state index is 15.7.